The molecule has 0 amide bonds. The number of hydrogen-bond acceptors (Lipinski definition) is 3. The van der Waals surface area contributed by atoms with Crippen LogP contribution in [-0.4, -0.2) is 0 Å². The summed E-state index contributed by atoms with van der Waals surface area (Å²) in [6.45, 7) is 1.60. The molecule has 1 heterocycles. The molecule has 0 saturated heterocycles. The van der Waals surface area contributed by atoms with Crippen molar-refractivity contribution >= 4 is 27.3 Å². The van der Waals surface area contributed by atoms with Crippen molar-refractivity contribution in [2.75, 3.05) is 0 Å². The minimum Gasteiger partial charge on any atom is -0.271 e. The summed E-state index contributed by atoms with van der Waals surface area (Å²) >= 11 is 4.93. The number of halogens is 3. The Bertz CT molecular complexity index is 586. The number of nitrogens with one attached hydrogen (secondary N) is 1. The number of hydrogen-bond donors (Lipinski definition) is 2. The van der Waals surface area contributed by atoms with Crippen molar-refractivity contribution < 1.29 is 8.78 Å². The lowest BCUT2D eigenvalue weighted by Crippen LogP contribution is -2.30. The van der Waals surface area contributed by atoms with Crippen LogP contribution in [0.3, 0.4) is 0 Å². The molecule has 2 rings (SSSR count). The van der Waals surface area contributed by atoms with E-state index < -0.39 is 11.6 Å². The third kappa shape index (κ3) is 3.39. The smallest absolute Gasteiger partial charge is 0.130 e. The number of benzene rings is 1. The molecule has 3 N–H and O–H groups in total. The van der Waals surface area contributed by atoms with Gasteiger partial charge in [0.15, 0.2) is 0 Å². The van der Waals surface area contributed by atoms with Crippen LogP contribution in [0.15, 0.2) is 28.1 Å². The first-order chi connectivity index (χ1) is 9.01. The van der Waals surface area contributed by atoms with Crippen LogP contribution in [0.1, 0.15) is 22.0 Å². The molecule has 19 heavy (non-hydrogen) atoms. The number of nitrogens with two attached hydrogens (primary N) is 1. The normalized spacial score (nSPS) is 12.7. The summed E-state index contributed by atoms with van der Waals surface area (Å²) in [5, 5.41) is 1.95. The molecule has 2 aromatic rings. The molecule has 1 atom stereocenters. The van der Waals surface area contributed by atoms with Gasteiger partial charge < -0.3 is 0 Å². The van der Waals surface area contributed by atoms with E-state index >= 15 is 0 Å². The number of hydrazine groups is 1. The molecule has 0 saturated carbocycles. The predicted molar refractivity (Wildman–Crippen MR) is 76.9 cm³/mol. The van der Waals surface area contributed by atoms with Crippen LogP contribution < -0.4 is 11.3 Å². The zero-order chi connectivity index (χ0) is 14.0. The van der Waals surface area contributed by atoms with E-state index in [9.17, 15) is 8.78 Å². The van der Waals surface area contributed by atoms with Crippen molar-refractivity contribution in [3.05, 3.63) is 55.7 Å². The van der Waals surface area contributed by atoms with Crippen LogP contribution in [0.5, 0.6) is 0 Å². The highest BCUT2D eigenvalue weighted by Crippen LogP contribution is 2.27. The van der Waals surface area contributed by atoms with Gasteiger partial charge in [0, 0.05) is 32.8 Å². The van der Waals surface area contributed by atoms with E-state index in [0.717, 1.165) is 15.4 Å². The van der Waals surface area contributed by atoms with Gasteiger partial charge in [0.05, 0.1) is 6.04 Å². The molecular weight excluding hydrogens is 334 g/mol. The lowest BCUT2D eigenvalue weighted by molar-refractivity contribution is 0.502. The van der Waals surface area contributed by atoms with Gasteiger partial charge in [-0.25, -0.2) is 8.78 Å². The van der Waals surface area contributed by atoms with Gasteiger partial charge in [-0.15, -0.1) is 11.3 Å². The molecule has 0 fully saturated rings. The van der Waals surface area contributed by atoms with Crippen LogP contribution in [0.4, 0.5) is 8.78 Å². The lowest BCUT2D eigenvalue weighted by Gasteiger charge is -2.17. The number of aryl methyl sites for hydroxylation is 1. The van der Waals surface area contributed by atoms with Crippen LogP contribution in [0.2, 0.25) is 0 Å². The third-order valence-electron chi connectivity index (χ3n) is 2.88. The third-order valence-corrected chi connectivity index (χ3v) is 4.60. The molecule has 0 aliphatic carbocycles. The second kappa shape index (κ2) is 6.09. The quantitative estimate of drug-likeness (QED) is 0.651. The van der Waals surface area contributed by atoms with Gasteiger partial charge in [-0.3, -0.25) is 11.3 Å². The zero-order valence-electron chi connectivity index (χ0n) is 10.2. The summed E-state index contributed by atoms with van der Waals surface area (Å²) < 4.78 is 28.1. The summed E-state index contributed by atoms with van der Waals surface area (Å²) in [5.74, 6) is 4.37. The van der Waals surface area contributed by atoms with Gasteiger partial charge in [-0.1, -0.05) is 0 Å². The molecule has 0 bridgehead atoms. The van der Waals surface area contributed by atoms with Crippen molar-refractivity contribution in [2.45, 2.75) is 19.4 Å². The lowest BCUT2D eigenvalue weighted by atomic mass is 10.0. The topological polar surface area (TPSA) is 38.0 Å². The monoisotopic (exact) mass is 346 g/mol. The molecule has 6 heteroatoms. The Morgan fingerprint density at radius 1 is 1.32 bits per heavy atom. The van der Waals surface area contributed by atoms with E-state index in [1.165, 1.54) is 6.07 Å². The Labute approximate surface area is 122 Å². The molecule has 0 radical (unpaired) electrons. The molecule has 2 nitrogen and oxygen atoms in total. The van der Waals surface area contributed by atoms with Gasteiger partial charge in [-0.05, 0) is 40.5 Å². The van der Waals surface area contributed by atoms with Crippen LogP contribution in [0.25, 0.3) is 0 Å². The van der Waals surface area contributed by atoms with Gasteiger partial charge in [-0.2, -0.15) is 0 Å². The van der Waals surface area contributed by atoms with Crippen molar-refractivity contribution in [1.29, 1.82) is 0 Å². The second-order valence-corrected chi connectivity index (χ2v) is 6.19. The maximum Gasteiger partial charge on any atom is 0.130 e. The minimum atomic E-state index is -0.582. The molecule has 102 valence electrons. The highest BCUT2D eigenvalue weighted by molar-refractivity contribution is 9.10. The maximum absolute atomic E-state index is 13.8. The van der Waals surface area contributed by atoms with E-state index in [2.05, 4.69) is 21.4 Å². The van der Waals surface area contributed by atoms with Crippen LogP contribution >= 0.6 is 27.3 Å². The van der Waals surface area contributed by atoms with E-state index in [-0.39, 0.29) is 6.04 Å². The van der Waals surface area contributed by atoms with Gasteiger partial charge >= 0.3 is 0 Å². The molecule has 1 unspecified atom stereocenters. The Kier molecular flexibility index (Phi) is 4.67. The standard InChI is InChI=1S/C13H13BrF2N2S/c1-7-2-10(12(16)5-11(7)15)13(18-17)4-9-3-8(14)6-19-9/h2-3,5-6,13,18H,4,17H2,1H3. The minimum absolute atomic E-state index is 0.380. The highest BCUT2D eigenvalue weighted by Gasteiger charge is 2.18. The zero-order valence-corrected chi connectivity index (χ0v) is 12.6. The Balaban J connectivity index is 2.29. The van der Waals surface area contributed by atoms with Crippen LogP contribution in [-0.2, 0) is 6.42 Å². The van der Waals surface area contributed by atoms with Crippen molar-refractivity contribution in [3.8, 4) is 0 Å². The fourth-order valence-electron chi connectivity index (χ4n) is 1.87. The summed E-state index contributed by atoms with van der Waals surface area (Å²) in [6, 6.07) is 3.98. The van der Waals surface area contributed by atoms with Gasteiger partial charge in [0.1, 0.15) is 11.6 Å². The first-order valence-corrected chi connectivity index (χ1v) is 7.33. The first-order valence-electron chi connectivity index (χ1n) is 5.66. The van der Waals surface area contributed by atoms with E-state index in [1.54, 1.807) is 18.3 Å². The SMILES string of the molecule is Cc1cc(C(Cc2cc(Br)cs2)NN)c(F)cc1F. The van der Waals surface area contributed by atoms with Gasteiger partial charge in [0.25, 0.3) is 0 Å². The second-order valence-electron chi connectivity index (χ2n) is 4.28. The predicted octanol–water partition coefficient (Wildman–Crippen LogP) is 3.84. The summed E-state index contributed by atoms with van der Waals surface area (Å²) in [7, 11) is 0. The van der Waals surface area contributed by atoms with E-state index in [1.807, 2.05) is 11.4 Å². The maximum atomic E-state index is 13.8. The molecular formula is C13H13BrF2N2S. The van der Waals surface area contributed by atoms with Crippen molar-refractivity contribution in [1.82, 2.24) is 5.43 Å². The summed E-state index contributed by atoms with van der Waals surface area (Å²) in [6.07, 6.45) is 0.550. The average molecular weight is 347 g/mol. The highest BCUT2D eigenvalue weighted by atomic mass is 79.9. The summed E-state index contributed by atoms with van der Waals surface area (Å²) in [5.41, 5.74) is 3.38. The Morgan fingerprint density at radius 2 is 2.05 bits per heavy atom. The van der Waals surface area contributed by atoms with E-state index in [4.69, 9.17) is 5.84 Å². The van der Waals surface area contributed by atoms with Gasteiger partial charge in [0.2, 0.25) is 0 Å². The van der Waals surface area contributed by atoms with Crippen LogP contribution in [0, 0.1) is 18.6 Å². The molecule has 1 aromatic carbocycles. The fourth-order valence-corrected chi connectivity index (χ4v) is 3.37. The largest absolute Gasteiger partial charge is 0.271 e. The Morgan fingerprint density at radius 3 is 2.63 bits per heavy atom. The van der Waals surface area contributed by atoms with Crippen molar-refractivity contribution in [3.63, 3.8) is 0 Å². The Hall–Kier alpha value is -0.820. The molecule has 0 spiro atoms. The fraction of sp³-hybridized carbons (Fsp3) is 0.231. The molecule has 0 aliphatic rings. The van der Waals surface area contributed by atoms with Crippen molar-refractivity contribution in [2.24, 2.45) is 5.84 Å². The molecule has 1 aromatic heterocycles. The number of thiophene rings is 1. The van der Waals surface area contributed by atoms with E-state index in [0.29, 0.717) is 17.5 Å². The average Bonchev–Trinajstić information content (AvgIpc) is 2.77. The summed E-state index contributed by atoms with van der Waals surface area (Å²) in [4.78, 5) is 1.07. The number of rotatable bonds is 4. The first kappa shape index (κ1) is 14.6. The molecule has 0 aliphatic heterocycles.